The first kappa shape index (κ1) is 19.4. The molecule has 0 fully saturated rings. The summed E-state index contributed by atoms with van der Waals surface area (Å²) < 4.78 is 10.3. The van der Waals surface area contributed by atoms with Gasteiger partial charge in [-0.25, -0.2) is 0 Å². The zero-order valence-electron chi connectivity index (χ0n) is 14.0. The molecule has 0 spiro atoms. The van der Waals surface area contributed by atoms with Crippen LogP contribution in [0.1, 0.15) is 32.8 Å². The van der Waals surface area contributed by atoms with E-state index in [4.69, 9.17) is 9.47 Å². The van der Waals surface area contributed by atoms with Crippen LogP contribution in [-0.2, 0) is 20.1 Å². The van der Waals surface area contributed by atoms with E-state index in [1.807, 2.05) is 24.3 Å². The summed E-state index contributed by atoms with van der Waals surface area (Å²) in [6.07, 6.45) is -0.109. The number of carbonyl (C=O) groups excluding carboxylic acids is 1. The molecule has 128 valence electrons. The average molecular weight is 340 g/mol. The molecular weight excluding hydrogens is 316 g/mol. The van der Waals surface area contributed by atoms with Gasteiger partial charge in [0.2, 0.25) is 0 Å². The summed E-state index contributed by atoms with van der Waals surface area (Å²) >= 11 is 1.49. The van der Waals surface area contributed by atoms with Crippen LogP contribution >= 0.6 is 11.8 Å². The van der Waals surface area contributed by atoms with Crippen molar-refractivity contribution < 1.29 is 24.2 Å². The van der Waals surface area contributed by atoms with Crippen molar-refractivity contribution in [2.24, 2.45) is 5.92 Å². The number of aliphatic carboxylic acids is 1. The smallest absolute Gasteiger partial charge is 0.307 e. The van der Waals surface area contributed by atoms with Gasteiger partial charge < -0.3 is 14.6 Å². The normalized spacial score (nSPS) is 12.5. The molecule has 0 saturated carbocycles. The average Bonchev–Trinajstić information content (AvgIpc) is 2.44. The Balaban J connectivity index is 2.46. The summed E-state index contributed by atoms with van der Waals surface area (Å²) in [7, 11) is 1.61. The Morgan fingerprint density at radius 1 is 1.22 bits per heavy atom. The minimum atomic E-state index is -0.974. The Hall–Kier alpha value is -1.69. The first-order valence-corrected chi connectivity index (χ1v) is 8.52. The molecule has 0 radical (unpaired) electrons. The lowest BCUT2D eigenvalue weighted by Crippen LogP contribution is -2.28. The summed E-state index contributed by atoms with van der Waals surface area (Å²) in [6, 6.07) is 7.61. The van der Waals surface area contributed by atoms with Gasteiger partial charge in [0.15, 0.2) is 0 Å². The fourth-order valence-electron chi connectivity index (χ4n) is 1.84. The Kier molecular flexibility index (Phi) is 7.42. The van der Waals surface area contributed by atoms with Crippen molar-refractivity contribution in [3.05, 3.63) is 29.8 Å². The molecule has 0 saturated heterocycles. The van der Waals surface area contributed by atoms with Crippen LogP contribution in [-0.4, -0.2) is 35.5 Å². The highest BCUT2D eigenvalue weighted by atomic mass is 32.2. The molecule has 1 aromatic carbocycles. The fraction of sp³-hybridized carbons (Fsp3) is 0.529. The SMILES string of the molecule is COc1ccc(CSC[C@H](CC(=O)OC(C)(C)C)C(=O)O)cc1. The van der Waals surface area contributed by atoms with E-state index >= 15 is 0 Å². The molecule has 0 heterocycles. The Bertz CT molecular complexity index is 519. The molecular formula is C17H24O5S. The molecule has 1 rings (SSSR count). The van der Waals surface area contributed by atoms with Gasteiger partial charge in [0.05, 0.1) is 19.4 Å². The van der Waals surface area contributed by atoms with Crippen LogP contribution in [0, 0.1) is 5.92 Å². The zero-order chi connectivity index (χ0) is 17.5. The highest BCUT2D eigenvalue weighted by Gasteiger charge is 2.25. The van der Waals surface area contributed by atoms with Gasteiger partial charge in [0.25, 0.3) is 0 Å². The van der Waals surface area contributed by atoms with E-state index < -0.39 is 23.5 Å². The molecule has 1 atom stereocenters. The minimum absolute atomic E-state index is 0.109. The predicted octanol–water partition coefficient (Wildman–Crippen LogP) is 3.36. The van der Waals surface area contributed by atoms with Crippen LogP contribution in [0.15, 0.2) is 24.3 Å². The van der Waals surface area contributed by atoms with Crippen LogP contribution in [0.5, 0.6) is 5.75 Å². The number of carboxylic acid groups (broad SMARTS) is 1. The highest BCUT2D eigenvalue weighted by Crippen LogP contribution is 2.21. The first-order valence-electron chi connectivity index (χ1n) is 7.36. The number of ether oxygens (including phenoxy) is 2. The van der Waals surface area contributed by atoms with Crippen molar-refractivity contribution in [2.75, 3.05) is 12.9 Å². The number of methoxy groups -OCH3 is 1. The number of thioether (sulfide) groups is 1. The Labute approximate surface area is 141 Å². The maximum atomic E-state index is 11.8. The molecule has 0 aliphatic carbocycles. The van der Waals surface area contributed by atoms with Gasteiger partial charge in [0.1, 0.15) is 11.4 Å². The molecule has 5 nitrogen and oxygen atoms in total. The van der Waals surface area contributed by atoms with E-state index in [9.17, 15) is 14.7 Å². The maximum absolute atomic E-state index is 11.8. The quantitative estimate of drug-likeness (QED) is 0.732. The summed E-state index contributed by atoms with van der Waals surface area (Å²) in [4.78, 5) is 23.1. The van der Waals surface area contributed by atoms with Gasteiger partial charge in [-0.3, -0.25) is 9.59 Å². The third-order valence-corrected chi connectivity index (χ3v) is 4.10. The fourth-order valence-corrected chi connectivity index (χ4v) is 2.93. The lowest BCUT2D eigenvalue weighted by atomic mass is 10.1. The van der Waals surface area contributed by atoms with Gasteiger partial charge in [0, 0.05) is 11.5 Å². The molecule has 0 aliphatic rings. The van der Waals surface area contributed by atoms with Crippen LogP contribution in [0.25, 0.3) is 0 Å². The summed E-state index contributed by atoms with van der Waals surface area (Å²) in [5.74, 6) is -0.365. The molecule has 6 heteroatoms. The second kappa shape index (κ2) is 8.82. The van der Waals surface area contributed by atoms with Crippen molar-refractivity contribution in [2.45, 2.75) is 38.5 Å². The van der Waals surface area contributed by atoms with Crippen LogP contribution in [0.2, 0.25) is 0 Å². The molecule has 0 aromatic heterocycles. The van der Waals surface area contributed by atoms with Gasteiger partial charge in [-0.05, 0) is 38.5 Å². The van der Waals surface area contributed by atoms with E-state index in [-0.39, 0.29) is 6.42 Å². The van der Waals surface area contributed by atoms with Gasteiger partial charge in [-0.2, -0.15) is 11.8 Å². The molecule has 0 unspecified atom stereocenters. The number of rotatable bonds is 8. The van der Waals surface area contributed by atoms with E-state index in [0.29, 0.717) is 11.5 Å². The second-order valence-electron chi connectivity index (χ2n) is 6.19. The zero-order valence-corrected chi connectivity index (χ0v) is 14.8. The highest BCUT2D eigenvalue weighted by molar-refractivity contribution is 7.98. The molecule has 0 bridgehead atoms. The lowest BCUT2D eigenvalue weighted by Gasteiger charge is -2.21. The third kappa shape index (κ3) is 7.93. The van der Waals surface area contributed by atoms with E-state index in [1.54, 1.807) is 27.9 Å². The molecule has 1 N–H and O–H groups in total. The van der Waals surface area contributed by atoms with Crippen LogP contribution in [0.4, 0.5) is 0 Å². The van der Waals surface area contributed by atoms with Crippen molar-refractivity contribution >= 4 is 23.7 Å². The number of esters is 1. The number of carboxylic acids is 1. The largest absolute Gasteiger partial charge is 0.497 e. The molecule has 0 aliphatic heterocycles. The molecule has 1 aromatic rings. The number of carbonyl (C=O) groups is 2. The number of hydrogen-bond acceptors (Lipinski definition) is 5. The third-order valence-electron chi connectivity index (χ3n) is 2.93. The topological polar surface area (TPSA) is 72.8 Å². The van der Waals surface area contributed by atoms with E-state index in [1.165, 1.54) is 11.8 Å². The summed E-state index contributed by atoms with van der Waals surface area (Å²) in [5, 5.41) is 9.25. The van der Waals surface area contributed by atoms with Crippen molar-refractivity contribution in [1.29, 1.82) is 0 Å². The maximum Gasteiger partial charge on any atom is 0.307 e. The molecule has 0 amide bonds. The molecule has 23 heavy (non-hydrogen) atoms. The first-order chi connectivity index (χ1) is 10.7. The Morgan fingerprint density at radius 2 is 1.83 bits per heavy atom. The van der Waals surface area contributed by atoms with Crippen molar-refractivity contribution in [3.8, 4) is 5.75 Å². The van der Waals surface area contributed by atoms with Crippen LogP contribution < -0.4 is 4.74 Å². The van der Waals surface area contributed by atoms with Crippen molar-refractivity contribution in [3.63, 3.8) is 0 Å². The number of benzene rings is 1. The standard InChI is InChI=1S/C17H24O5S/c1-17(2,3)22-15(18)9-13(16(19)20)11-23-10-12-5-7-14(21-4)8-6-12/h5-8,13H,9-11H2,1-4H3,(H,19,20)/t13-/m0/s1. The van der Waals surface area contributed by atoms with Gasteiger partial charge in [-0.15, -0.1) is 0 Å². The van der Waals surface area contributed by atoms with Crippen molar-refractivity contribution in [1.82, 2.24) is 0 Å². The monoisotopic (exact) mass is 340 g/mol. The Morgan fingerprint density at radius 3 is 2.30 bits per heavy atom. The predicted molar refractivity (Wildman–Crippen MR) is 90.7 cm³/mol. The van der Waals surface area contributed by atoms with Crippen LogP contribution in [0.3, 0.4) is 0 Å². The van der Waals surface area contributed by atoms with Gasteiger partial charge in [-0.1, -0.05) is 12.1 Å². The van der Waals surface area contributed by atoms with E-state index in [0.717, 1.165) is 11.3 Å². The van der Waals surface area contributed by atoms with Gasteiger partial charge >= 0.3 is 11.9 Å². The lowest BCUT2D eigenvalue weighted by molar-refractivity contribution is -0.159. The summed E-state index contributed by atoms with van der Waals surface area (Å²) in [5.41, 5.74) is 0.480. The summed E-state index contributed by atoms with van der Waals surface area (Å²) in [6.45, 7) is 5.29. The minimum Gasteiger partial charge on any atom is -0.497 e. The number of hydrogen-bond donors (Lipinski definition) is 1. The second-order valence-corrected chi connectivity index (χ2v) is 7.22. The van der Waals surface area contributed by atoms with E-state index in [2.05, 4.69) is 0 Å².